The maximum atomic E-state index is 10.8. The zero-order valence-electron chi connectivity index (χ0n) is 10.4. The zero-order chi connectivity index (χ0) is 13.5. The minimum atomic E-state index is -0.962. The molecule has 1 aromatic carbocycles. The second-order valence-corrected chi connectivity index (χ2v) is 3.87. The molecular weight excluding hydrogens is 230 g/mol. The zero-order valence-corrected chi connectivity index (χ0v) is 10.4. The van der Waals surface area contributed by atoms with Gasteiger partial charge in [0.15, 0.2) is 0 Å². The molecule has 0 aliphatic rings. The Labute approximate surface area is 106 Å². The molecular formula is C14H15NO3. The normalized spacial score (nSPS) is 9.22. The fourth-order valence-corrected chi connectivity index (χ4v) is 1.35. The van der Waals surface area contributed by atoms with Crippen LogP contribution in [-0.2, 0) is 4.79 Å². The summed E-state index contributed by atoms with van der Waals surface area (Å²) in [4.78, 5) is 21.4. The van der Waals surface area contributed by atoms with Crippen LogP contribution >= 0.6 is 0 Å². The molecule has 2 N–H and O–H groups in total. The fraction of sp³-hybridized carbons (Fsp3) is 0.286. The molecule has 0 unspecified atom stereocenters. The molecule has 0 bridgehead atoms. The highest BCUT2D eigenvalue weighted by Gasteiger charge is 2.04. The second-order valence-electron chi connectivity index (χ2n) is 3.87. The van der Waals surface area contributed by atoms with Gasteiger partial charge in [-0.05, 0) is 24.6 Å². The number of hydrogen-bond donors (Lipinski definition) is 2. The molecule has 0 spiro atoms. The van der Waals surface area contributed by atoms with Gasteiger partial charge in [0.25, 0.3) is 0 Å². The molecule has 1 rings (SSSR count). The maximum Gasteiger partial charge on any atom is 0.335 e. The van der Waals surface area contributed by atoms with E-state index in [1.807, 2.05) is 6.92 Å². The molecule has 4 heteroatoms. The molecule has 0 heterocycles. The highest BCUT2D eigenvalue weighted by Crippen LogP contribution is 2.10. The van der Waals surface area contributed by atoms with Crippen LogP contribution in [0.3, 0.4) is 0 Å². The summed E-state index contributed by atoms with van der Waals surface area (Å²) in [6, 6.07) is 4.85. The van der Waals surface area contributed by atoms with E-state index in [0.29, 0.717) is 18.5 Å². The summed E-state index contributed by atoms with van der Waals surface area (Å²) < 4.78 is 0. The minimum absolute atomic E-state index is 0.0825. The van der Waals surface area contributed by atoms with E-state index >= 15 is 0 Å². The molecule has 4 nitrogen and oxygen atoms in total. The Balaban J connectivity index is 2.71. The van der Waals surface area contributed by atoms with E-state index in [9.17, 15) is 9.59 Å². The summed E-state index contributed by atoms with van der Waals surface area (Å²) in [5.41, 5.74) is 1.87. The van der Waals surface area contributed by atoms with Crippen molar-refractivity contribution in [2.75, 3.05) is 6.54 Å². The molecule has 0 atom stereocenters. The topological polar surface area (TPSA) is 66.4 Å². The van der Waals surface area contributed by atoms with E-state index < -0.39 is 5.97 Å². The van der Waals surface area contributed by atoms with Crippen LogP contribution in [-0.4, -0.2) is 23.5 Å². The number of carboxylic acids is 1. The van der Waals surface area contributed by atoms with Crippen LogP contribution in [0.5, 0.6) is 0 Å². The molecule has 0 saturated carbocycles. The Bertz CT molecular complexity index is 524. The number of amides is 1. The van der Waals surface area contributed by atoms with Crippen molar-refractivity contribution in [2.45, 2.75) is 20.3 Å². The van der Waals surface area contributed by atoms with Crippen LogP contribution < -0.4 is 5.32 Å². The number of carbonyl (C=O) groups is 2. The summed E-state index contributed by atoms with van der Waals surface area (Å²) in [6.45, 7) is 3.83. The van der Waals surface area contributed by atoms with Gasteiger partial charge in [0.1, 0.15) is 0 Å². The molecule has 1 aromatic rings. The minimum Gasteiger partial charge on any atom is -0.478 e. The van der Waals surface area contributed by atoms with Crippen molar-refractivity contribution in [2.24, 2.45) is 0 Å². The third kappa shape index (κ3) is 4.30. The number of aromatic carboxylic acids is 1. The SMILES string of the molecule is CC(=O)NCCC#Cc1cc(C(=O)O)ccc1C. The Hall–Kier alpha value is -2.28. The van der Waals surface area contributed by atoms with E-state index in [1.165, 1.54) is 6.92 Å². The molecule has 1 amide bonds. The summed E-state index contributed by atoms with van der Waals surface area (Å²) in [5, 5.41) is 11.5. The Kier molecular flexibility index (Phi) is 4.94. The second kappa shape index (κ2) is 6.45. The van der Waals surface area contributed by atoms with Crippen LogP contribution in [0.4, 0.5) is 0 Å². The van der Waals surface area contributed by atoms with Crippen molar-refractivity contribution in [3.8, 4) is 11.8 Å². The Morgan fingerprint density at radius 3 is 2.72 bits per heavy atom. The number of carbonyl (C=O) groups excluding carboxylic acids is 1. The van der Waals surface area contributed by atoms with E-state index in [-0.39, 0.29) is 11.5 Å². The van der Waals surface area contributed by atoms with Gasteiger partial charge in [0.2, 0.25) is 5.91 Å². The molecule has 0 aromatic heterocycles. The summed E-state index contributed by atoms with van der Waals surface area (Å²) in [5.74, 6) is 4.78. The van der Waals surface area contributed by atoms with Gasteiger partial charge in [0, 0.05) is 25.5 Å². The van der Waals surface area contributed by atoms with Crippen LogP contribution in [0.2, 0.25) is 0 Å². The molecule has 94 valence electrons. The summed E-state index contributed by atoms with van der Waals surface area (Å²) in [7, 11) is 0. The number of nitrogens with one attached hydrogen (secondary N) is 1. The first-order chi connectivity index (χ1) is 8.50. The van der Waals surface area contributed by atoms with Crippen molar-refractivity contribution in [3.63, 3.8) is 0 Å². The van der Waals surface area contributed by atoms with Gasteiger partial charge in [0.05, 0.1) is 5.56 Å². The third-order valence-electron chi connectivity index (χ3n) is 2.33. The first-order valence-electron chi connectivity index (χ1n) is 5.58. The van der Waals surface area contributed by atoms with Crippen molar-refractivity contribution in [1.82, 2.24) is 5.32 Å². The number of benzene rings is 1. The lowest BCUT2D eigenvalue weighted by molar-refractivity contribution is -0.118. The van der Waals surface area contributed by atoms with E-state index in [1.54, 1.807) is 18.2 Å². The summed E-state index contributed by atoms with van der Waals surface area (Å²) >= 11 is 0. The highest BCUT2D eigenvalue weighted by atomic mass is 16.4. The summed E-state index contributed by atoms with van der Waals surface area (Å²) in [6.07, 6.45) is 0.538. The lowest BCUT2D eigenvalue weighted by Gasteiger charge is -2.00. The van der Waals surface area contributed by atoms with Crippen molar-refractivity contribution in [1.29, 1.82) is 0 Å². The largest absolute Gasteiger partial charge is 0.478 e. The van der Waals surface area contributed by atoms with Gasteiger partial charge in [-0.3, -0.25) is 4.79 Å². The number of hydrogen-bond acceptors (Lipinski definition) is 2. The van der Waals surface area contributed by atoms with E-state index in [2.05, 4.69) is 17.2 Å². The van der Waals surface area contributed by atoms with Gasteiger partial charge < -0.3 is 10.4 Å². The molecule has 0 aliphatic carbocycles. The van der Waals surface area contributed by atoms with Gasteiger partial charge >= 0.3 is 5.97 Å². The highest BCUT2D eigenvalue weighted by molar-refractivity contribution is 5.88. The monoisotopic (exact) mass is 245 g/mol. The van der Waals surface area contributed by atoms with Crippen LogP contribution in [0.1, 0.15) is 34.8 Å². The van der Waals surface area contributed by atoms with Crippen molar-refractivity contribution < 1.29 is 14.7 Å². The predicted octanol–water partition coefficient (Wildman–Crippen LogP) is 1.57. The number of aryl methyl sites for hydroxylation is 1. The quantitative estimate of drug-likeness (QED) is 0.627. The van der Waals surface area contributed by atoms with Crippen molar-refractivity contribution >= 4 is 11.9 Å². The molecule has 0 radical (unpaired) electrons. The first-order valence-corrected chi connectivity index (χ1v) is 5.58. The van der Waals surface area contributed by atoms with Gasteiger partial charge in [-0.2, -0.15) is 0 Å². The molecule has 0 saturated heterocycles. The average molecular weight is 245 g/mol. The molecule has 18 heavy (non-hydrogen) atoms. The fourth-order valence-electron chi connectivity index (χ4n) is 1.35. The predicted molar refractivity (Wildman–Crippen MR) is 68.3 cm³/mol. The van der Waals surface area contributed by atoms with Crippen LogP contribution in [0.25, 0.3) is 0 Å². The number of carboxylic acid groups (broad SMARTS) is 1. The Morgan fingerprint density at radius 1 is 1.39 bits per heavy atom. The van der Waals surface area contributed by atoms with Crippen LogP contribution in [0.15, 0.2) is 18.2 Å². The van der Waals surface area contributed by atoms with E-state index in [0.717, 1.165) is 5.56 Å². The number of rotatable bonds is 3. The lowest BCUT2D eigenvalue weighted by atomic mass is 10.1. The third-order valence-corrected chi connectivity index (χ3v) is 2.33. The van der Waals surface area contributed by atoms with Gasteiger partial charge in [-0.15, -0.1) is 0 Å². The lowest BCUT2D eigenvalue weighted by Crippen LogP contribution is -2.20. The average Bonchev–Trinajstić information content (AvgIpc) is 2.30. The van der Waals surface area contributed by atoms with E-state index in [4.69, 9.17) is 5.11 Å². The Morgan fingerprint density at radius 2 is 2.11 bits per heavy atom. The van der Waals surface area contributed by atoms with Crippen molar-refractivity contribution in [3.05, 3.63) is 34.9 Å². The molecule has 0 aliphatic heterocycles. The van der Waals surface area contributed by atoms with Gasteiger partial charge in [-0.25, -0.2) is 4.79 Å². The van der Waals surface area contributed by atoms with Gasteiger partial charge in [-0.1, -0.05) is 17.9 Å². The smallest absolute Gasteiger partial charge is 0.335 e. The van der Waals surface area contributed by atoms with Crippen LogP contribution in [0, 0.1) is 18.8 Å². The maximum absolute atomic E-state index is 10.8. The standard InChI is InChI=1S/C14H15NO3/c1-10-6-7-13(14(17)18)9-12(10)5-3-4-8-15-11(2)16/h6-7,9H,4,8H2,1-2H3,(H,15,16)(H,17,18). The first kappa shape index (κ1) is 13.8. The molecule has 0 fully saturated rings.